The number of hydrogen-bond acceptors (Lipinski definition) is 2. The quantitative estimate of drug-likeness (QED) is 0.733. The number of H-pyrrole nitrogens is 1. The summed E-state index contributed by atoms with van der Waals surface area (Å²) in [6, 6.07) is 0.508. The van der Waals surface area contributed by atoms with Crippen molar-refractivity contribution in [2.24, 2.45) is 0 Å². The standard InChI is InChI=1S/C10H14N2O2/c13-10-8-5-14-6-9(8)12(11-10)7-3-1-2-4-7/h7H,1-6H2,(H,11,13). The molecule has 0 spiro atoms. The van der Waals surface area contributed by atoms with Gasteiger partial charge in [0.15, 0.2) is 0 Å². The van der Waals surface area contributed by atoms with E-state index in [1.807, 2.05) is 0 Å². The van der Waals surface area contributed by atoms with Gasteiger partial charge in [-0.3, -0.25) is 14.6 Å². The second kappa shape index (κ2) is 2.98. The van der Waals surface area contributed by atoms with Crippen LogP contribution >= 0.6 is 0 Å². The third-order valence-corrected chi connectivity index (χ3v) is 3.31. The number of aromatic nitrogens is 2. The van der Waals surface area contributed by atoms with E-state index in [2.05, 4.69) is 9.78 Å². The molecular formula is C10H14N2O2. The molecule has 2 heterocycles. The monoisotopic (exact) mass is 194 g/mol. The molecule has 4 nitrogen and oxygen atoms in total. The zero-order valence-corrected chi connectivity index (χ0v) is 8.08. The van der Waals surface area contributed by atoms with Crippen molar-refractivity contribution in [2.75, 3.05) is 0 Å². The first kappa shape index (κ1) is 8.29. The summed E-state index contributed by atoms with van der Waals surface area (Å²) in [5.74, 6) is 0. The van der Waals surface area contributed by atoms with E-state index in [9.17, 15) is 4.79 Å². The summed E-state index contributed by atoms with van der Waals surface area (Å²) in [6.45, 7) is 1.09. The van der Waals surface area contributed by atoms with Gasteiger partial charge in [0.25, 0.3) is 5.56 Å². The summed E-state index contributed by atoms with van der Waals surface area (Å²) in [5.41, 5.74) is 1.98. The number of hydrogen-bond donors (Lipinski definition) is 1. The van der Waals surface area contributed by atoms with Crippen LogP contribution in [0.15, 0.2) is 4.79 Å². The Labute approximate surface area is 81.9 Å². The average Bonchev–Trinajstić information content (AvgIpc) is 2.84. The smallest absolute Gasteiger partial charge is 0.269 e. The summed E-state index contributed by atoms with van der Waals surface area (Å²) in [5, 5.41) is 2.94. The lowest BCUT2D eigenvalue weighted by Gasteiger charge is -2.13. The fourth-order valence-electron chi connectivity index (χ4n) is 2.55. The van der Waals surface area contributed by atoms with Gasteiger partial charge in [0.05, 0.1) is 30.5 Å². The summed E-state index contributed by atoms with van der Waals surface area (Å²) in [6.07, 6.45) is 4.94. The molecule has 14 heavy (non-hydrogen) atoms. The Hall–Kier alpha value is -1.03. The number of nitrogens with one attached hydrogen (secondary N) is 1. The molecule has 1 N–H and O–H groups in total. The molecule has 0 bridgehead atoms. The van der Waals surface area contributed by atoms with Crippen molar-refractivity contribution in [3.8, 4) is 0 Å². The largest absolute Gasteiger partial charge is 0.370 e. The van der Waals surface area contributed by atoms with E-state index in [0.29, 0.717) is 19.3 Å². The fraction of sp³-hybridized carbons (Fsp3) is 0.700. The molecule has 76 valence electrons. The number of nitrogens with zero attached hydrogens (tertiary/aromatic N) is 1. The van der Waals surface area contributed by atoms with Crippen LogP contribution in [0.5, 0.6) is 0 Å². The van der Waals surface area contributed by atoms with Gasteiger partial charge in [-0.25, -0.2) is 0 Å². The highest BCUT2D eigenvalue weighted by atomic mass is 16.5. The van der Waals surface area contributed by atoms with E-state index in [0.717, 1.165) is 11.3 Å². The van der Waals surface area contributed by atoms with Crippen molar-refractivity contribution >= 4 is 0 Å². The predicted molar refractivity (Wildman–Crippen MR) is 51.1 cm³/mol. The molecule has 1 aliphatic heterocycles. The maximum Gasteiger partial charge on any atom is 0.269 e. The molecule has 0 amide bonds. The van der Waals surface area contributed by atoms with Crippen molar-refractivity contribution in [3.63, 3.8) is 0 Å². The SMILES string of the molecule is O=c1[nH]n(C2CCCC2)c2c1COC2. The number of aromatic amines is 1. The summed E-state index contributed by atoms with van der Waals surface area (Å²) in [7, 11) is 0. The Kier molecular flexibility index (Phi) is 1.77. The van der Waals surface area contributed by atoms with Gasteiger partial charge in [-0.05, 0) is 12.8 Å². The highest BCUT2D eigenvalue weighted by Gasteiger charge is 2.26. The van der Waals surface area contributed by atoms with Crippen molar-refractivity contribution in [1.82, 2.24) is 9.78 Å². The summed E-state index contributed by atoms with van der Waals surface area (Å²) < 4.78 is 7.35. The van der Waals surface area contributed by atoms with Crippen LogP contribution in [0.25, 0.3) is 0 Å². The third kappa shape index (κ3) is 1.07. The molecule has 0 unspecified atom stereocenters. The van der Waals surface area contributed by atoms with Gasteiger partial charge in [0, 0.05) is 0 Å². The minimum absolute atomic E-state index is 0.0457. The van der Waals surface area contributed by atoms with Gasteiger partial charge in [-0.1, -0.05) is 12.8 Å². The third-order valence-electron chi connectivity index (χ3n) is 3.31. The fourth-order valence-corrected chi connectivity index (χ4v) is 2.55. The average molecular weight is 194 g/mol. The molecule has 0 aromatic carbocycles. The summed E-state index contributed by atoms with van der Waals surface area (Å²) in [4.78, 5) is 11.5. The number of rotatable bonds is 1. The number of ether oxygens (including phenoxy) is 1. The number of fused-ring (bicyclic) bond motifs is 1. The molecule has 0 atom stereocenters. The molecule has 0 saturated heterocycles. The van der Waals surface area contributed by atoms with Gasteiger partial charge in [0.1, 0.15) is 0 Å². The van der Waals surface area contributed by atoms with E-state index >= 15 is 0 Å². The van der Waals surface area contributed by atoms with E-state index in [1.54, 1.807) is 0 Å². The predicted octanol–water partition coefficient (Wildman–Crippen LogP) is 1.32. The zero-order chi connectivity index (χ0) is 9.54. The molecular weight excluding hydrogens is 180 g/mol. The molecule has 3 rings (SSSR count). The van der Waals surface area contributed by atoms with E-state index in [1.165, 1.54) is 25.7 Å². The Morgan fingerprint density at radius 1 is 1.29 bits per heavy atom. The molecule has 2 aliphatic rings. The molecule has 0 radical (unpaired) electrons. The maximum absolute atomic E-state index is 11.5. The van der Waals surface area contributed by atoms with Gasteiger partial charge >= 0.3 is 0 Å². The van der Waals surface area contributed by atoms with Crippen LogP contribution in [-0.2, 0) is 18.0 Å². The first-order valence-electron chi connectivity index (χ1n) is 5.26. The molecule has 4 heteroatoms. The van der Waals surface area contributed by atoms with Crippen LogP contribution < -0.4 is 5.56 Å². The Bertz CT molecular complexity index is 399. The second-order valence-electron chi connectivity index (χ2n) is 4.17. The first-order valence-corrected chi connectivity index (χ1v) is 5.26. The van der Waals surface area contributed by atoms with E-state index in [-0.39, 0.29) is 5.56 Å². The first-order chi connectivity index (χ1) is 6.86. The molecule has 1 aromatic rings. The summed E-state index contributed by atoms with van der Waals surface area (Å²) >= 11 is 0. The minimum atomic E-state index is 0.0457. The van der Waals surface area contributed by atoms with Crippen LogP contribution in [-0.4, -0.2) is 9.78 Å². The van der Waals surface area contributed by atoms with Gasteiger partial charge in [-0.2, -0.15) is 0 Å². The Morgan fingerprint density at radius 3 is 2.86 bits per heavy atom. The van der Waals surface area contributed by atoms with Crippen molar-refractivity contribution in [1.29, 1.82) is 0 Å². The molecule has 1 aliphatic carbocycles. The lowest BCUT2D eigenvalue weighted by Crippen LogP contribution is -2.13. The van der Waals surface area contributed by atoms with Crippen LogP contribution in [0.1, 0.15) is 43.0 Å². The Balaban J connectivity index is 2.05. The molecule has 1 saturated carbocycles. The molecule has 1 aromatic heterocycles. The maximum atomic E-state index is 11.5. The van der Waals surface area contributed by atoms with Crippen molar-refractivity contribution in [3.05, 3.63) is 21.6 Å². The van der Waals surface area contributed by atoms with E-state index < -0.39 is 0 Å². The zero-order valence-electron chi connectivity index (χ0n) is 8.08. The van der Waals surface area contributed by atoms with Gasteiger partial charge < -0.3 is 4.74 Å². The molecule has 1 fully saturated rings. The topological polar surface area (TPSA) is 47.0 Å². The highest BCUT2D eigenvalue weighted by molar-refractivity contribution is 5.20. The van der Waals surface area contributed by atoms with Crippen LogP contribution in [0.3, 0.4) is 0 Å². The highest BCUT2D eigenvalue weighted by Crippen LogP contribution is 2.31. The lowest BCUT2D eigenvalue weighted by atomic mass is 10.2. The normalized spacial score (nSPS) is 21.7. The van der Waals surface area contributed by atoms with Gasteiger partial charge in [0.2, 0.25) is 0 Å². The van der Waals surface area contributed by atoms with E-state index in [4.69, 9.17) is 4.74 Å². The van der Waals surface area contributed by atoms with Crippen molar-refractivity contribution in [2.45, 2.75) is 44.9 Å². The van der Waals surface area contributed by atoms with Crippen LogP contribution in [0, 0.1) is 0 Å². The lowest BCUT2D eigenvalue weighted by molar-refractivity contribution is 0.127. The van der Waals surface area contributed by atoms with Crippen LogP contribution in [0.2, 0.25) is 0 Å². The van der Waals surface area contributed by atoms with Gasteiger partial charge in [-0.15, -0.1) is 0 Å². The van der Waals surface area contributed by atoms with Crippen molar-refractivity contribution < 1.29 is 4.74 Å². The minimum Gasteiger partial charge on any atom is -0.370 e. The Morgan fingerprint density at radius 2 is 2.07 bits per heavy atom. The van der Waals surface area contributed by atoms with Crippen LogP contribution in [0.4, 0.5) is 0 Å². The second-order valence-corrected chi connectivity index (χ2v) is 4.17.